The highest BCUT2D eigenvalue weighted by Crippen LogP contribution is 2.39. The highest BCUT2D eigenvalue weighted by atomic mass is 19.4. The fraction of sp³-hybridized carbons (Fsp3) is 0.917. The van der Waals surface area contributed by atoms with Crippen molar-refractivity contribution in [1.82, 2.24) is 4.90 Å². The lowest BCUT2D eigenvalue weighted by atomic mass is 9.92. The fourth-order valence-electron chi connectivity index (χ4n) is 2.69. The van der Waals surface area contributed by atoms with E-state index in [2.05, 4.69) is 6.07 Å². The maximum absolute atomic E-state index is 12.7. The Kier molecular flexibility index (Phi) is 3.56. The van der Waals surface area contributed by atoms with Gasteiger partial charge in [-0.1, -0.05) is 0 Å². The van der Waals surface area contributed by atoms with E-state index in [0.29, 0.717) is 13.0 Å². The third kappa shape index (κ3) is 2.96. The molecule has 3 nitrogen and oxygen atoms in total. The number of halogens is 3. The van der Waals surface area contributed by atoms with Gasteiger partial charge in [-0.25, -0.2) is 0 Å². The number of nitrogens with two attached hydrogens (primary N) is 1. The summed E-state index contributed by atoms with van der Waals surface area (Å²) in [4.78, 5) is 1.71. The SMILES string of the molecule is N#CC(N)(CN1CCCC(C(F)(F)F)C1)C1CC1. The van der Waals surface area contributed by atoms with E-state index in [0.717, 1.165) is 12.8 Å². The zero-order valence-corrected chi connectivity index (χ0v) is 10.2. The molecule has 2 aliphatic rings. The molecule has 0 bridgehead atoms. The third-order valence-electron chi connectivity index (χ3n) is 3.97. The van der Waals surface area contributed by atoms with E-state index in [1.807, 2.05) is 0 Å². The average Bonchev–Trinajstić information content (AvgIpc) is 3.12. The lowest BCUT2D eigenvalue weighted by Crippen LogP contribution is -2.54. The van der Waals surface area contributed by atoms with E-state index in [1.54, 1.807) is 4.90 Å². The molecule has 2 rings (SSSR count). The molecule has 1 saturated heterocycles. The van der Waals surface area contributed by atoms with Gasteiger partial charge < -0.3 is 5.73 Å². The third-order valence-corrected chi connectivity index (χ3v) is 3.97. The molecule has 2 N–H and O–H groups in total. The van der Waals surface area contributed by atoms with E-state index in [-0.39, 0.29) is 25.4 Å². The summed E-state index contributed by atoms with van der Waals surface area (Å²) in [5, 5.41) is 9.13. The van der Waals surface area contributed by atoms with Crippen LogP contribution < -0.4 is 5.73 Å². The van der Waals surface area contributed by atoms with E-state index >= 15 is 0 Å². The van der Waals surface area contributed by atoms with Crippen LogP contribution in [0, 0.1) is 23.2 Å². The maximum atomic E-state index is 12.7. The quantitative estimate of drug-likeness (QED) is 0.844. The molecule has 0 radical (unpaired) electrons. The van der Waals surface area contributed by atoms with Crippen molar-refractivity contribution < 1.29 is 13.2 Å². The molecule has 0 amide bonds. The molecule has 0 aromatic rings. The standard InChI is InChI=1S/C12H18F3N3/c13-12(14,15)10-2-1-5-18(6-10)8-11(17,7-16)9-3-4-9/h9-10H,1-6,8,17H2. The Morgan fingerprint density at radius 2 is 1.89 bits per heavy atom. The Labute approximate surface area is 105 Å². The first-order valence-corrected chi connectivity index (χ1v) is 6.34. The van der Waals surface area contributed by atoms with Crippen molar-refractivity contribution in [2.45, 2.75) is 37.4 Å². The van der Waals surface area contributed by atoms with Crippen LogP contribution in [0.2, 0.25) is 0 Å². The number of hydrogen-bond donors (Lipinski definition) is 1. The molecule has 0 aromatic heterocycles. The number of nitrogens with zero attached hydrogens (tertiary/aromatic N) is 2. The Balaban J connectivity index is 1.95. The topological polar surface area (TPSA) is 53.1 Å². The molecule has 1 aliphatic heterocycles. The molecule has 2 fully saturated rings. The summed E-state index contributed by atoms with van der Waals surface area (Å²) in [6.45, 7) is 0.859. The molecule has 102 valence electrons. The lowest BCUT2D eigenvalue weighted by molar-refractivity contribution is -0.187. The largest absolute Gasteiger partial charge is 0.393 e. The van der Waals surface area contributed by atoms with Gasteiger partial charge in [0.2, 0.25) is 0 Å². The van der Waals surface area contributed by atoms with Crippen molar-refractivity contribution in [3.8, 4) is 6.07 Å². The van der Waals surface area contributed by atoms with Crippen molar-refractivity contribution in [2.24, 2.45) is 17.6 Å². The second-order valence-electron chi connectivity index (χ2n) is 5.54. The number of alkyl halides is 3. The first kappa shape index (κ1) is 13.6. The first-order chi connectivity index (χ1) is 8.35. The highest BCUT2D eigenvalue weighted by Gasteiger charge is 2.46. The van der Waals surface area contributed by atoms with Gasteiger partial charge in [0, 0.05) is 13.1 Å². The summed E-state index contributed by atoms with van der Waals surface area (Å²) in [6.07, 6.45) is -1.59. The zero-order chi connectivity index (χ0) is 13.4. The summed E-state index contributed by atoms with van der Waals surface area (Å²) >= 11 is 0. The van der Waals surface area contributed by atoms with Crippen molar-refractivity contribution in [3.63, 3.8) is 0 Å². The van der Waals surface area contributed by atoms with Crippen molar-refractivity contribution in [1.29, 1.82) is 5.26 Å². The normalized spacial score (nSPS) is 29.6. The van der Waals surface area contributed by atoms with Gasteiger partial charge in [-0.3, -0.25) is 4.90 Å². The molecule has 2 unspecified atom stereocenters. The van der Waals surface area contributed by atoms with Crippen LogP contribution in [-0.4, -0.2) is 36.2 Å². The minimum absolute atomic E-state index is 0.0170. The van der Waals surface area contributed by atoms with Gasteiger partial charge in [0.05, 0.1) is 12.0 Å². The second kappa shape index (κ2) is 4.71. The van der Waals surface area contributed by atoms with Crippen LogP contribution in [0.3, 0.4) is 0 Å². The summed E-state index contributed by atoms with van der Waals surface area (Å²) in [5.41, 5.74) is 5.04. The Bertz CT molecular complexity index is 345. The molecule has 1 aliphatic carbocycles. The van der Waals surface area contributed by atoms with Crippen LogP contribution in [0.5, 0.6) is 0 Å². The first-order valence-electron chi connectivity index (χ1n) is 6.34. The molecule has 2 atom stereocenters. The van der Waals surface area contributed by atoms with E-state index in [4.69, 9.17) is 11.0 Å². The smallest absolute Gasteiger partial charge is 0.312 e. The summed E-state index contributed by atoms with van der Waals surface area (Å²) in [5.74, 6) is -1.11. The van der Waals surface area contributed by atoms with Crippen LogP contribution in [0.25, 0.3) is 0 Å². The Morgan fingerprint density at radius 1 is 1.22 bits per heavy atom. The van der Waals surface area contributed by atoms with Gasteiger partial charge in [0.1, 0.15) is 5.54 Å². The molecule has 1 saturated carbocycles. The average molecular weight is 261 g/mol. The molecule has 0 spiro atoms. The summed E-state index contributed by atoms with van der Waals surface area (Å²) < 4.78 is 38.0. The van der Waals surface area contributed by atoms with Crippen LogP contribution in [-0.2, 0) is 0 Å². The Hall–Kier alpha value is -0.800. The minimum atomic E-state index is -4.14. The maximum Gasteiger partial charge on any atom is 0.393 e. The van der Waals surface area contributed by atoms with Crippen molar-refractivity contribution in [2.75, 3.05) is 19.6 Å². The second-order valence-corrected chi connectivity index (χ2v) is 5.54. The van der Waals surface area contributed by atoms with Crippen LogP contribution >= 0.6 is 0 Å². The zero-order valence-electron chi connectivity index (χ0n) is 10.2. The molecule has 0 aromatic carbocycles. The fourth-order valence-corrected chi connectivity index (χ4v) is 2.69. The molecule has 18 heavy (non-hydrogen) atoms. The number of rotatable bonds is 3. The van der Waals surface area contributed by atoms with Gasteiger partial charge in [0.15, 0.2) is 0 Å². The predicted octanol–water partition coefficient (Wildman–Crippen LogP) is 1.89. The molecular formula is C12H18F3N3. The minimum Gasteiger partial charge on any atom is -0.312 e. The summed E-state index contributed by atoms with van der Waals surface area (Å²) in [6, 6.07) is 2.10. The predicted molar refractivity (Wildman–Crippen MR) is 60.5 cm³/mol. The van der Waals surface area contributed by atoms with E-state index < -0.39 is 17.6 Å². The van der Waals surface area contributed by atoms with Gasteiger partial charge in [-0.05, 0) is 38.1 Å². The molecule has 6 heteroatoms. The van der Waals surface area contributed by atoms with Crippen molar-refractivity contribution >= 4 is 0 Å². The number of hydrogen-bond acceptors (Lipinski definition) is 3. The van der Waals surface area contributed by atoms with Gasteiger partial charge >= 0.3 is 6.18 Å². The number of piperidine rings is 1. The summed E-state index contributed by atoms with van der Waals surface area (Å²) in [7, 11) is 0. The van der Waals surface area contributed by atoms with Crippen LogP contribution in [0.1, 0.15) is 25.7 Å². The van der Waals surface area contributed by atoms with Crippen molar-refractivity contribution in [3.05, 3.63) is 0 Å². The van der Waals surface area contributed by atoms with E-state index in [1.165, 1.54) is 0 Å². The van der Waals surface area contributed by atoms with Gasteiger partial charge in [0.25, 0.3) is 0 Å². The monoisotopic (exact) mass is 261 g/mol. The van der Waals surface area contributed by atoms with Gasteiger partial charge in [-0.2, -0.15) is 18.4 Å². The number of likely N-dealkylation sites (tertiary alicyclic amines) is 1. The Morgan fingerprint density at radius 3 is 2.39 bits per heavy atom. The van der Waals surface area contributed by atoms with E-state index in [9.17, 15) is 13.2 Å². The van der Waals surface area contributed by atoms with Crippen LogP contribution in [0.15, 0.2) is 0 Å². The van der Waals surface area contributed by atoms with Gasteiger partial charge in [-0.15, -0.1) is 0 Å². The lowest BCUT2D eigenvalue weighted by Gasteiger charge is -2.37. The molecule has 1 heterocycles. The highest BCUT2D eigenvalue weighted by molar-refractivity contribution is 5.15. The molecular weight excluding hydrogens is 243 g/mol. The van der Waals surface area contributed by atoms with Crippen LogP contribution in [0.4, 0.5) is 13.2 Å². The number of nitriles is 1.